The molecule has 4 rings (SSSR count). The van der Waals surface area contributed by atoms with Crippen molar-refractivity contribution in [2.75, 3.05) is 31.1 Å². The van der Waals surface area contributed by atoms with E-state index in [2.05, 4.69) is 35.9 Å². The van der Waals surface area contributed by atoms with E-state index in [1.54, 1.807) is 11.0 Å². The number of rotatable bonds is 2. The Labute approximate surface area is 159 Å². The lowest BCUT2D eigenvalue weighted by Crippen LogP contribution is -2.49. The van der Waals surface area contributed by atoms with Crippen molar-refractivity contribution in [3.05, 3.63) is 46.3 Å². The van der Waals surface area contributed by atoms with Crippen molar-refractivity contribution >= 4 is 38.7 Å². The minimum atomic E-state index is 0.0834. The van der Waals surface area contributed by atoms with Gasteiger partial charge in [-0.3, -0.25) is 4.79 Å². The zero-order chi connectivity index (χ0) is 18.3. The third kappa shape index (κ3) is 2.94. The summed E-state index contributed by atoms with van der Waals surface area (Å²) >= 11 is 3.50. The van der Waals surface area contributed by atoms with E-state index in [1.165, 1.54) is 0 Å². The molecule has 26 heavy (non-hydrogen) atoms. The van der Waals surface area contributed by atoms with Crippen molar-refractivity contribution in [3.8, 4) is 0 Å². The van der Waals surface area contributed by atoms with Crippen LogP contribution in [-0.4, -0.2) is 56.7 Å². The van der Waals surface area contributed by atoms with Crippen molar-refractivity contribution in [1.82, 2.24) is 24.6 Å². The second kappa shape index (κ2) is 6.68. The van der Waals surface area contributed by atoms with Crippen LogP contribution in [-0.2, 0) is 7.05 Å². The van der Waals surface area contributed by atoms with Gasteiger partial charge in [0.2, 0.25) is 0 Å². The number of halogens is 1. The normalized spacial score (nSPS) is 14.9. The highest BCUT2D eigenvalue weighted by molar-refractivity contribution is 9.10. The van der Waals surface area contributed by atoms with Gasteiger partial charge in [-0.25, -0.2) is 14.6 Å². The van der Waals surface area contributed by atoms with Crippen molar-refractivity contribution in [3.63, 3.8) is 0 Å². The van der Waals surface area contributed by atoms with Crippen LogP contribution in [0, 0.1) is 6.92 Å². The molecule has 1 aromatic carbocycles. The topological polar surface area (TPSA) is 67.2 Å². The van der Waals surface area contributed by atoms with Crippen LogP contribution in [0.1, 0.15) is 15.9 Å². The van der Waals surface area contributed by atoms with Gasteiger partial charge in [-0.15, -0.1) is 0 Å². The molecule has 1 saturated heterocycles. The van der Waals surface area contributed by atoms with Crippen molar-refractivity contribution < 1.29 is 4.79 Å². The number of aryl methyl sites for hydroxylation is 2. The summed E-state index contributed by atoms with van der Waals surface area (Å²) in [6.07, 6.45) is 1.57. The van der Waals surface area contributed by atoms with Crippen molar-refractivity contribution in [2.24, 2.45) is 7.05 Å². The number of nitrogens with zero attached hydrogens (tertiary/aromatic N) is 6. The summed E-state index contributed by atoms with van der Waals surface area (Å²) < 4.78 is 2.48. The van der Waals surface area contributed by atoms with Gasteiger partial charge in [-0.1, -0.05) is 17.7 Å². The molecule has 1 fully saturated rings. The molecule has 0 aliphatic carbocycles. The lowest BCUT2D eigenvalue weighted by atomic mass is 10.1. The fraction of sp³-hybridized carbons (Fsp3) is 0.333. The van der Waals surface area contributed by atoms with E-state index < -0.39 is 0 Å². The SMILES string of the molecule is Cc1ccc(C(=O)N2CCN(c3ncnc4c3c(Br)nn4C)CC2)cc1. The summed E-state index contributed by atoms with van der Waals surface area (Å²) in [5.74, 6) is 0.942. The minimum absolute atomic E-state index is 0.0834. The van der Waals surface area contributed by atoms with Gasteiger partial charge in [0.05, 0.1) is 5.39 Å². The van der Waals surface area contributed by atoms with E-state index >= 15 is 0 Å². The number of hydrogen-bond acceptors (Lipinski definition) is 5. The molecular weight excluding hydrogens is 396 g/mol. The zero-order valence-electron chi connectivity index (χ0n) is 14.7. The molecule has 0 spiro atoms. The standard InChI is InChI=1S/C18H19BrN6O/c1-12-3-5-13(6-4-12)18(26)25-9-7-24(8-10-25)17-14-15(19)22-23(2)16(14)20-11-21-17/h3-6,11H,7-10H2,1-2H3. The first-order valence-electron chi connectivity index (χ1n) is 8.48. The molecule has 3 heterocycles. The van der Waals surface area contributed by atoms with Gasteiger partial charge < -0.3 is 9.80 Å². The number of fused-ring (bicyclic) bond motifs is 1. The number of benzene rings is 1. The highest BCUT2D eigenvalue weighted by Gasteiger charge is 2.25. The Morgan fingerprint density at radius 1 is 1.08 bits per heavy atom. The quantitative estimate of drug-likeness (QED) is 0.643. The second-order valence-electron chi connectivity index (χ2n) is 6.46. The maximum Gasteiger partial charge on any atom is 0.253 e. The molecular formula is C18H19BrN6O. The van der Waals surface area contributed by atoms with Crippen molar-refractivity contribution in [2.45, 2.75) is 6.92 Å². The van der Waals surface area contributed by atoms with Gasteiger partial charge in [0.25, 0.3) is 5.91 Å². The van der Waals surface area contributed by atoms with Gasteiger partial charge in [0, 0.05) is 38.8 Å². The van der Waals surface area contributed by atoms with Gasteiger partial charge in [-0.2, -0.15) is 5.10 Å². The average molecular weight is 415 g/mol. The number of carbonyl (C=O) groups is 1. The maximum atomic E-state index is 12.7. The Kier molecular flexibility index (Phi) is 4.36. The van der Waals surface area contributed by atoms with Gasteiger partial charge in [0.1, 0.15) is 16.7 Å². The molecule has 1 aliphatic heterocycles. The first-order valence-corrected chi connectivity index (χ1v) is 9.28. The molecule has 0 radical (unpaired) electrons. The molecule has 0 unspecified atom stereocenters. The maximum absolute atomic E-state index is 12.7. The zero-order valence-corrected chi connectivity index (χ0v) is 16.3. The summed E-state index contributed by atoms with van der Waals surface area (Å²) in [4.78, 5) is 25.6. The van der Waals surface area contributed by atoms with E-state index in [9.17, 15) is 4.79 Å². The average Bonchev–Trinajstić information content (AvgIpc) is 2.96. The Bertz CT molecular complexity index is 960. The Balaban J connectivity index is 1.52. The highest BCUT2D eigenvalue weighted by Crippen LogP contribution is 2.30. The molecule has 1 aliphatic rings. The molecule has 134 valence electrons. The van der Waals surface area contributed by atoms with Crippen LogP contribution in [0.3, 0.4) is 0 Å². The lowest BCUT2D eigenvalue weighted by Gasteiger charge is -2.35. The molecule has 1 amide bonds. The first kappa shape index (κ1) is 17.0. The molecule has 7 nitrogen and oxygen atoms in total. The second-order valence-corrected chi connectivity index (χ2v) is 7.21. The molecule has 3 aromatic rings. The monoisotopic (exact) mass is 414 g/mol. The fourth-order valence-corrected chi connectivity index (χ4v) is 3.86. The molecule has 0 saturated carbocycles. The van der Waals surface area contributed by atoms with E-state index in [-0.39, 0.29) is 5.91 Å². The number of anilines is 1. The van der Waals surface area contributed by atoms with Crippen molar-refractivity contribution in [1.29, 1.82) is 0 Å². The summed E-state index contributed by atoms with van der Waals surface area (Å²) in [5.41, 5.74) is 2.68. The first-order chi connectivity index (χ1) is 12.5. The minimum Gasteiger partial charge on any atom is -0.352 e. The smallest absolute Gasteiger partial charge is 0.253 e. The van der Waals surface area contributed by atoms with Gasteiger partial charge in [-0.05, 0) is 35.0 Å². The Hall–Kier alpha value is -2.48. The summed E-state index contributed by atoms with van der Waals surface area (Å²) in [5, 5.41) is 5.29. The number of aromatic nitrogens is 4. The van der Waals surface area contributed by atoms with E-state index in [4.69, 9.17) is 0 Å². The van der Waals surface area contributed by atoms with Crippen LogP contribution in [0.5, 0.6) is 0 Å². The third-order valence-electron chi connectivity index (χ3n) is 4.72. The number of hydrogen-bond donors (Lipinski definition) is 0. The predicted octanol–water partition coefficient (Wildman–Crippen LogP) is 2.40. The summed E-state index contributed by atoms with van der Waals surface area (Å²) in [6, 6.07) is 7.73. The molecule has 2 aromatic heterocycles. The fourth-order valence-electron chi connectivity index (χ4n) is 3.27. The number of piperazine rings is 1. The van der Waals surface area contributed by atoms with Crippen LogP contribution in [0.15, 0.2) is 35.2 Å². The van der Waals surface area contributed by atoms with Gasteiger partial charge >= 0.3 is 0 Å². The number of amides is 1. The Morgan fingerprint density at radius 2 is 1.77 bits per heavy atom. The molecule has 0 bridgehead atoms. The molecule has 0 atom stereocenters. The van der Waals surface area contributed by atoms with Crippen LogP contribution in [0.4, 0.5) is 5.82 Å². The number of carbonyl (C=O) groups excluding carboxylic acids is 1. The van der Waals surface area contributed by atoms with E-state index in [1.807, 2.05) is 43.1 Å². The molecule has 8 heteroatoms. The van der Waals surface area contributed by atoms with Crippen LogP contribution >= 0.6 is 15.9 Å². The lowest BCUT2D eigenvalue weighted by molar-refractivity contribution is 0.0746. The molecule has 0 N–H and O–H groups in total. The van der Waals surface area contributed by atoms with Crippen LogP contribution < -0.4 is 4.90 Å². The van der Waals surface area contributed by atoms with Crippen LogP contribution in [0.2, 0.25) is 0 Å². The van der Waals surface area contributed by atoms with E-state index in [0.29, 0.717) is 13.1 Å². The summed E-state index contributed by atoms with van der Waals surface area (Å²) in [6.45, 7) is 4.80. The van der Waals surface area contributed by atoms with Crippen LogP contribution in [0.25, 0.3) is 11.0 Å². The summed E-state index contributed by atoms with van der Waals surface area (Å²) in [7, 11) is 1.86. The predicted molar refractivity (Wildman–Crippen MR) is 103 cm³/mol. The van der Waals surface area contributed by atoms with Gasteiger partial charge in [0.15, 0.2) is 5.65 Å². The largest absolute Gasteiger partial charge is 0.352 e. The third-order valence-corrected chi connectivity index (χ3v) is 5.28. The Morgan fingerprint density at radius 3 is 2.46 bits per heavy atom. The van der Waals surface area contributed by atoms with E-state index in [0.717, 1.165) is 45.7 Å². The highest BCUT2D eigenvalue weighted by atomic mass is 79.9.